The highest BCUT2D eigenvalue weighted by Crippen LogP contribution is 2.32. The van der Waals surface area contributed by atoms with E-state index in [1.54, 1.807) is 25.3 Å². The molecule has 0 unspecified atom stereocenters. The third kappa shape index (κ3) is 4.80. The molecule has 0 saturated carbocycles. The maximum absolute atomic E-state index is 13.4. The molecule has 0 aliphatic rings. The van der Waals surface area contributed by atoms with Crippen molar-refractivity contribution in [2.75, 3.05) is 18.5 Å². The van der Waals surface area contributed by atoms with Gasteiger partial charge in [0.25, 0.3) is 0 Å². The second-order valence-electron chi connectivity index (χ2n) is 6.19. The number of benzene rings is 1. The Balaban J connectivity index is 1.99. The van der Waals surface area contributed by atoms with Crippen LogP contribution in [0.15, 0.2) is 48.8 Å². The van der Waals surface area contributed by atoms with Crippen LogP contribution in [-0.4, -0.2) is 33.9 Å². The Bertz CT molecular complexity index is 938. The summed E-state index contributed by atoms with van der Waals surface area (Å²) in [6.45, 7) is 5.53. The summed E-state index contributed by atoms with van der Waals surface area (Å²) in [7, 11) is 0. The smallest absolute Gasteiger partial charge is 0.225 e. The van der Waals surface area contributed by atoms with Crippen molar-refractivity contribution in [1.82, 2.24) is 14.8 Å². The summed E-state index contributed by atoms with van der Waals surface area (Å²) in [6, 6.07) is 9.91. The van der Waals surface area contributed by atoms with Crippen LogP contribution in [-0.2, 0) is 16.1 Å². The van der Waals surface area contributed by atoms with Gasteiger partial charge in [-0.25, -0.2) is 9.37 Å². The predicted molar refractivity (Wildman–Crippen MR) is 106 cm³/mol. The van der Waals surface area contributed by atoms with Gasteiger partial charge in [0.2, 0.25) is 5.91 Å². The molecule has 7 heteroatoms. The van der Waals surface area contributed by atoms with Crippen molar-refractivity contribution < 1.29 is 13.9 Å². The van der Waals surface area contributed by atoms with E-state index in [1.165, 1.54) is 12.1 Å². The Kier molecular flexibility index (Phi) is 6.49. The molecule has 0 aliphatic carbocycles. The minimum atomic E-state index is -0.297. The Morgan fingerprint density at radius 2 is 1.96 bits per heavy atom. The number of pyridine rings is 1. The van der Waals surface area contributed by atoms with Gasteiger partial charge in [-0.05, 0) is 48.9 Å². The molecule has 2 aromatic heterocycles. The molecule has 28 heavy (non-hydrogen) atoms. The van der Waals surface area contributed by atoms with Crippen molar-refractivity contribution in [2.24, 2.45) is 0 Å². The monoisotopic (exact) mass is 382 g/mol. The Morgan fingerprint density at radius 1 is 1.18 bits per heavy atom. The minimum Gasteiger partial charge on any atom is -0.380 e. The lowest BCUT2D eigenvalue weighted by molar-refractivity contribution is -0.115. The fourth-order valence-corrected chi connectivity index (χ4v) is 2.77. The normalized spacial score (nSPS) is 10.8. The zero-order valence-corrected chi connectivity index (χ0v) is 16.0. The topological polar surface area (TPSA) is 69.0 Å². The van der Waals surface area contributed by atoms with Crippen LogP contribution < -0.4 is 5.32 Å². The third-order valence-corrected chi connectivity index (χ3v) is 4.21. The van der Waals surface area contributed by atoms with E-state index in [0.29, 0.717) is 32.0 Å². The summed E-state index contributed by atoms with van der Waals surface area (Å²) in [6.07, 6.45) is 3.95. The molecule has 1 amide bonds. The van der Waals surface area contributed by atoms with Crippen LogP contribution in [0.5, 0.6) is 0 Å². The highest BCUT2D eigenvalue weighted by Gasteiger charge is 2.14. The second kappa shape index (κ2) is 9.23. The van der Waals surface area contributed by atoms with Crippen LogP contribution in [0.3, 0.4) is 0 Å². The average Bonchev–Trinajstić information content (AvgIpc) is 3.13. The molecule has 0 radical (unpaired) electrons. The number of ether oxygens (including phenoxy) is 1. The molecule has 0 saturated heterocycles. The summed E-state index contributed by atoms with van der Waals surface area (Å²) >= 11 is 0. The van der Waals surface area contributed by atoms with Crippen LogP contribution in [0, 0.1) is 5.82 Å². The van der Waals surface area contributed by atoms with Crippen LogP contribution in [0.2, 0.25) is 0 Å². The number of nitrogens with one attached hydrogen (secondary N) is 1. The molecule has 2 heterocycles. The minimum absolute atomic E-state index is 0.101. The molecule has 6 nitrogen and oxygen atoms in total. The Hall–Kier alpha value is -3.06. The zero-order valence-electron chi connectivity index (χ0n) is 16.0. The fraction of sp³-hybridized carbons (Fsp3) is 0.286. The van der Waals surface area contributed by atoms with Crippen LogP contribution in [0.1, 0.15) is 20.3 Å². The quantitative estimate of drug-likeness (QED) is 0.595. The van der Waals surface area contributed by atoms with Crippen LogP contribution >= 0.6 is 0 Å². The van der Waals surface area contributed by atoms with Crippen LogP contribution in [0.4, 0.5) is 10.2 Å². The van der Waals surface area contributed by atoms with Crippen molar-refractivity contribution in [1.29, 1.82) is 0 Å². The molecule has 0 bridgehead atoms. The lowest BCUT2D eigenvalue weighted by Crippen LogP contribution is -2.10. The highest BCUT2D eigenvalue weighted by atomic mass is 19.1. The first kappa shape index (κ1) is 19.7. The molecule has 3 rings (SSSR count). The van der Waals surface area contributed by atoms with Gasteiger partial charge in [-0.1, -0.05) is 6.92 Å². The van der Waals surface area contributed by atoms with Gasteiger partial charge >= 0.3 is 0 Å². The fourth-order valence-electron chi connectivity index (χ4n) is 2.77. The van der Waals surface area contributed by atoms with Gasteiger partial charge in [-0.3, -0.25) is 9.48 Å². The van der Waals surface area contributed by atoms with Crippen molar-refractivity contribution in [3.8, 4) is 22.4 Å². The van der Waals surface area contributed by atoms with E-state index in [0.717, 1.165) is 22.4 Å². The van der Waals surface area contributed by atoms with E-state index >= 15 is 0 Å². The molecule has 146 valence electrons. The number of aromatic nitrogens is 3. The SMILES string of the molecule is CCOCCn1cc(-c2ccnc(NC(=O)CC)c2)c(-c2ccc(F)cc2)n1. The summed E-state index contributed by atoms with van der Waals surface area (Å²) in [5, 5.41) is 7.44. The zero-order chi connectivity index (χ0) is 19.9. The van der Waals surface area contributed by atoms with Crippen LogP contribution in [0.25, 0.3) is 22.4 Å². The van der Waals surface area contributed by atoms with Crippen molar-refractivity contribution >= 4 is 11.7 Å². The van der Waals surface area contributed by atoms with E-state index in [2.05, 4.69) is 15.4 Å². The first-order valence-electron chi connectivity index (χ1n) is 9.28. The first-order chi connectivity index (χ1) is 13.6. The van der Waals surface area contributed by atoms with Gasteiger partial charge < -0.3 is 10.1 Å². The second-order valence-corrected chi connectivity index (χ2v) is 6.19. The predicted octanol–water partition coefficient (Wildman–Crippen LogP) is 4.14. The number of rotatable bonds is 8. The summed E-state index contributed by atoms with van der Waals surface area (Å²) in [4.78, 5) is 15.9. The van der Waals surface area contributed by atoms with Gasteiger partial charge in [0.05, 0.1) is 13.2 Å². The lowest BCUT2D eigenvalue weighted by Gasteiger charge is -2.06. The van der Waals surface area contributed by atoms with Gasteiger partial charge in [-0.2, -0.15) is 5.10 Å². The van der Waals surface area contributed by atoms with Gasteiger partial charge in [0.1, 0.15) is 17.3 Å². The number of carbonyl (C=O) groups is 1. The van der Waals surface area contributed by atoms with Gasteiger partial charge in [0.15, 0.2) is 0 Å². The number of halogens is 1. The van der Waals surface area contributed by atoms with Crippen molar-refractivity contribution in [3.63, 3.8) is 0 Å². The van der Waals surface area contributed by atoms with E-state index in [9.17, 15) is 9.18 Å². The summed E-state index contributed by atoms with van der Waals surface area (Å²) in [5.74, 6) is 0.0850. The Morgan fingerprint density at radius 3 is 2.68 bits per heavy atom. The summed E-state index contributed by atoms with van der Waals surface area (Å²) < 4.78 is 20.6. The molecule has 1 aromatic carbocycles. The molecule has 0 aliphatic heterocycles. The number of amides is 1. The maximum atomic E-state index is 13.4. The highest BCUT2D eigenvalue weighted by molar-refractivity contribution is 5.90. The standard InChI is InChI=1S/C21H23FN4O2/c1-3-20(27)24-19-13-16(9-10-23-19)18-14-26(11-12-28-4-2)25-21(18)15-5-7-17(22)8-6-15/h5-10,13-14H,3-4,11-12H2,1-2H3,(H,23,24,27). The lowest BCUT2D eigenvalue weighted by atomic mass is 10.0. The molecule has 1 N–H and O–H groups in total. The van der Waals surface area contributed by atoms with E-state index in [1.807, 2.05) is 29.9 Å². The number of hydrogen-bond acceptors (Lipinski definition) is 4. The van der Waals surface area contributed by atoms with Crippen molar-refractivity contribution in [2.45, 2.75) is 26.8 Å². The molecule has 3 aromatic rings. The van der Waals surface area contributed by atoms with E-state index < -0.39 is 0 Å². The number of hydrogen-bond donors (Lipinski definition) is 1. The van der Waals surface area contributed by atoms with Crippen molar-refractivity contribution in [3.05, 3.63) is 54.6 Å². The molecule has 0 fully saturated rings. The molecular weight excluding hydrogens is 359 g/mol. The molecule has 0 spiro atoms. The number of anilines is 1. The van der Waals surface area contributed by atoms with E-state index in [4.69, 9.17) is 4.74 Å². The molecular formula is C21H23FN4O2. The summed E-state index contributed by atoms with van der Waals surface area (Å²) in [5.41, 5.74) is 3.28. The Labute approximate surface area is 163 Å². The maximum Gasteiger partial charge on any atom is 0.225 e. The largest absolute Gasteiger partial charge is 0.380 e. The van der Waals surface area contributed by atoms with Gasteiger partial charge in [0, 0.05) is 36.5 Å². The third-order valence-electron chi connectivity index (χ3n) is 4.21. The first-order valence-corrected chi connectivity index (χ1v) is 9.28. The molecule has 0 atom stereocenters. The number of carbonyl (C=O) groups excluding carboxylic acids is 1. The average molecular weight is 382 g/mol. The van der Waals surface area contributed by atoms with Gasteiger partial charge in [-0.15, -0.1) is 0 Å². The van der Waals surface area contributed by atoms with E-state index in [-0.39, 0.29) is 11.7 Å². The number of nitrogens with zero attached hydrogens (tertiary/aromatic N) is 3.